The lowest BCUT2D eigenvalue weighted by molar-refractivity contribution is -0.151. The van der Waals surface area contributed by atoms with Crippen molar-refractivity contribution in [2.24, 2.45) is 5.73 Å². The highest BCUT2D eigenvalue weighted by Crippen LogP contribution is 2.20. The Balaban J connectivity index is 4.21. The summed E-state index contributed by atoms with van der Waals surface area (Å²) in [6, 6.07) is 0. The highest BCUT2D eigenvalue weighted by Gasteiger charge is 2.16. The number of esters is 2. The van der Waals surface area contributed by atoms with E-state index in [2.05, 4.69) is 32.6 Å². The third kappa shape index (κ3) is 41.6. The molecule has 346 valence electrons. The number of nitrogens with zero attached hydrogens (tertiary/aromatic N) is 1. The highest BCUT2D eigenvalue weighted by molar-refractivity contribution is 5.69. The van der Waals surface area contributed by atoms with Crippen molar-refractivity contribution in [2.45, 2.75) is 297 Å². The second-order valence-corrected chi connectivity index (χ2v) is 18.1. The van der Waals surface area contributed by atoms with Crippen LogP contribution in [0.15, 0.2) is 0 Å². The molecule has 0 aromatic heterocycles. The van der Waals surface area contributed by atoms with E-state index in [1.165, 1.54) is 193 Å². The number of nitrogens with two attached hydrogens (primary N) is 1. The Labute approximate surface area is 363 Å². The number of hydrogen-bond donors (Lipinski definition) is 1. The molecule has 0 aliphatic carbocycles. The van der Waals surface area contributed by atoms with Crippen molar-refractivity contribution in [3.05, 3.63) is 0 Å². The van der Waals surface area contributed by atoms with Gasteiger partial charge in [0.05, 0.1) is 0 Å². The van der Waals surface area contributed by atoms with Gasteiger partial charge >= 0.3 is 11.9 Å². The number of unbranched alkanes of at least 4 members (excludes halogenated alkanes) is 28. The molecule has 0 fully saturated rings. The van der Waals surface area contributed by atoms with E-state index >= 15 is 0 Å². The van der Waals surface area contributed by atoms with E-state index in [0.29, 0.717) is 19.4 Å². The van der Waals surface area contributed by atoms with Crippen molar-refractivity contribution >= 4 is 11.9 Å². The number of ether oxygens (including phenoxy) is 2. The Morgan fingerprint density at radius 3 is 0.914 bits per heavy atom. The van der Waals surface area contributed by atoms with Crippen LogP contribution in [0.1, 0.15) is 285 Å². The lowest BCUT2D eigenvalue weighted by atomic mass is 10.0. The molecule has 0 aromatic carbocycles. The maximum Gasteiger partial charge on any atom is 0.306 e. The van der Waals surface area contributed by atoms with E-state index in [4.69, 9.17) is 15.2 Å². The molecule has 0 aliphatic rings. The van der Waals surface area contributed by atoms with Crippen molar-refractivity contribution < 1.29 is 19.1 Å². The number of carbonyl (C=O) groups excluding carboxylic acids is 2. The number of hydrogen-bond acceptors (Lipinski definition) is 6. The van der Waals surface area contributed by atoms with Gasteiger partial charge in [0, 0.05) is 25.9 Å². The first kappa shape index (κ1) is 56.9. The van der Waals surface area contributed by atoms with Gasteiger partial charge in [0.15, 0.2) is 0 Å². The molecule has 0 atom stereocenters. The van der Waals surface area contributed by atoms with Gasteiger partial charge in [-0.15, -0.1) is 0 Å². The second-order valence-electron chi connectivity index (χ2n) is 18.1. The van der Waals surface area contributed by atoms with E-state index in [1.54, 1.807) is 0 Å². The zero-order valence-corrected chi connectivity index (χ0v) is 39.9. The zero-order valence-electron chi connectivity index (χ0n) is 39.9. The summed E-state index contributed by atoms with van der Waals surface area (Å²) < 4.78 is 12.1. The third-order valence-corrected chi connectivity index (χ3v) is 12.3. The Morgan fingerprint density at radius 2 is 0.621 bits per heavy atom. The van der Waals surface area contributed by atoms with Crippen LogP contribution in [0.2, 0.25) is 0 Å². The van der Waals surface area contributed by atoms with Gasteiger partial charge in [-0.05, 0) is 90.1 Å². The minimum absolute atomic E-state index is 0.0299. The highest BCUT2D eigenvalue weighted by atomic mass is 16.5. The SMILES string of the molecule is CCCCCCCCC(CCCCCCCC)OC(=O)CCCCCCCN(CCN)CCCCCCCC(=O)OC(CCCCCCCC)CCCCCCCC. The molecule has 2 N–H and O–H groups in total. The lowest BCUT2D eigenvalue weighted by Crippen LogP contribution is -2.31. The van der Waals surface area contributed by atoms with Crippen LogP contribution in [-0.2, 0) is 19.1 Å². The summed E-state index contributed by atoms with van der Waals surface area (Å²) in [5.41, 5.74) is 5.97. The summed E-state index contributed by atoms with van der Waals surface area (Å²) in [5, 5.41) is 0. The topological polar surface area (TPSA) is 81.9 Å². The van der Waals surface area contributed by atoms with Crippen LogP contribution in [0.3, 0.4) is 0 Å². The van der Waals surface area contributed by atoms with Gasteiger partial charge in [0.1, 0.15) is 12.2 Å². The van der Waals surface area contributed by atoms with Crippen LogP contribution >= 0.6 is 0 Å². The third-order valence-electron chi connectivity index (χ3n) is 12.3. The van der Waals surface area contributed by atoms with Gasteiger partial charge in [-0.2, -0.15) is 0 Å². The molecule has 0 rings (SSSR count). The predicted octanol–water partition coefficient (Wildman–Crippen LogP) is 15.8. The fourth-order valence-corrected chi connectivity index (χ4v) is 8.41. The molecule has 0 spiro atoms. The molecule has 0 radical (unpaired) electrons. The van der Waals surface area contributed by atoms with E-state index in [1.807, 2.05) is 0 Å². The maximum absolute atomic E-state index is 12.8. The van der Waals surface area contributed by atoms with E-state index in [0.717, 1.165) is 71.0 Å². The molecular formula is C52H104N2O4. The summed E-state index contributed by atoms with van der Waals surface area (Å²) in [7, 11) is 0. The fraction of sp³-hybridized carbons (Fsp3) is 0.962. The molecule has 6 nitrogen and oxygen atoms in total. The van der Waals surface area contributed by atoms with Gasteiger partial charge in [0.2, 0.25) is 0 Å². The normalized spacial score (nSPS) is 11.7. The summed E-state index contributed by atoms with van der Waals surface area (Å²) in [6.07, 6.45) is 47.8. The maximum atomic E-state index is 12.8. The largest absolute Gasteiger partial charge is 0.462 e. The van der Waals surface area contributed by atoms with Crippen LogP contribution in [0.5, 0.6) is 0 Å². The molecule has 0 aromatic rings. The molecule has 0 heterocycles. The fourth-order valence-electron chi connectivity index (χ4n) is 8.41. The van der Waals surface area contributed by atoms with Crippen LogP contribution < -0.4 is 5.73 Å². The summed E-state index contributed by atoms with van der Waals surface area (Å²) >= 11 is 0. The molecule has 58 heavy (non-hydrogen) atoms. The average Bonchev–Trinajstić information content (AvgIpc) is 3.21. The summed E-state index contributed by atoms with van der Waals surface area (Å²) in [4.78, 5) is 28.1. The van der Waals surface area contributed by atoms with Gasteiger partial charge in [-0.3, -0.25) is 9.59 Å². The molecule has 0 saturated carbocycles. The minimum atomic E-state index is 0.0299. The lowest BCUT2D eigenvalue weighted by Gasteiger charge is -2.21. The Hall–Kier alpha value is -1.14. The quantitative estimate of drug-likeness (QED) is 0.0486. The minimum Gasteiger partial charge on any atom is -0.462 e. The molecule has 0 aliphatic heterocycles. The van der Waals surface area contributed by atoms with E-state index in [9.17, 15) is 9.59 Å². The first-order valence-electron chi connectivity index (χ1n) is 26.3. The first-order chi connectivity index (χ1) is 28.5. The Bertz CT molecular complexity index is 742. The molecule has 0 bridgehead atoms. The summed E-state index contributed by atoms with van der Waals surface area (Å²) in [6.45, 7) is 13.0. The van der Waals surface area contributed by atoms with E-state index in [-0.39, 0.29) is 24.1 Å². The van der Waals surface area contributed by atoms with E-state index < -0.39 is 0 Å². The Morgan fingerprint density at radius 1 is 0.362 bits per heavy atom. The first-order valence-corrected chi connectivity index (χ1v) is 26.3. The van der Waals surface area contributed by atoms with Gasteiger partial charge in [0.25, 0.3) is 0 Å². The number of carbonyl (C=O) groups is 2. The van der Waals surface area contributed by atoms with Crippen molar-refractivity contribution in [3.63, 3.8) is 0 Å². The van der Waals surface area contributed by atoms with Crippen LogP contribution in [0.25, 0.3) is 0 Å². The molecule has 0 unspecified atom stereocenters. The molecule has 0 saturated heterocycles. The van der Waals surface area contributed by atoms with Crippen molar-refractivity contribution in [3.8, 4) is 0 Å². The van der Waals surface area contributed by atoms with Crippen molar-refractivity contribution in [1.29, 1.82) is 0 Å². The van der Waals surface area contributed by atoms with Gasteiger partial charge in [-0.25, -0.2) is 0 Å². The summed E-state index contributed by atoms with van der Waals surface area (Å²) in [5.74, 6) is 0.0597. The second kappa shape index (κ2) is 46.9. The standard InChI is InChI=1S/C52H104N2O4/c1-5-9-13-17-23-31-39-49(40-32-24-18-14-10-6-2)57-51(55)43-35-27-21-29-37-46-54(48-45-53)47-38-30-22-28-36-44-52(56)58-50(41-33-25-19-15-11-7-3)42-34-26-20-16-12-8-4/h49-50H,5-48,53H2,1-4H3. The van der Waals surface area contributed by atoms with Crippen molar-refractivity contribution in [2.75, 3.05) is 26.2 Å². The van der Waals surface area contributed by atoms with Crippen LogP contribution in [0, 0.1) is 0 Å². The van der Waals surface area contributed by atoms with Gasteiger partial charge < -0.3 is 20.1 Å². The zero-order chi connectivity index (χ0) is 42.4. The molecule has 0 amide bonds. The predicted molar refractivity (Wildman–Crippen MR) is 253 cm³/mol. The van der Waals surface area contributed by atoms with Crippen LogP contribution in [0.4, 0.5) is 0 Å². The monoisotopic (exact) mass is 821 g/mol. The average molecular weight is 821 g/mol. The Kier molecular flexibility index (Phi) is 46.0. The van der Waals surface area contributed by atoms with Gasteiger partial charge in [-0.1, -0.05) is 195 Å². The van der Waals surface area contributed by atoms with Crippen molar-refractivity contribution in [1.82, 2.24) is 4.90 Å². The molecular weight excluding hydrogens is 717 g/mol. The number of rotatable bonds is 48. The molecule has 6 heteroatoms. The van der Waals surface area contributed by atoms with Crippen LogP contribution in [-0.4, -0.2) is 55.2 Å². The smallest absolute Gasteiger partial charge is 0.306 e.